The fourth-order valence-electron chi connectivity index (χ4n) is 0.618. The molecular weight excluding hydrogens is 224 g/mol. The van der Waals surface area contributed by atoms with Gasteiger partial charge in [-0.05, 0) is 0 Å². The van der Waals surface area contributed by atoms with Gasteiger partial charge in [0.25, 0.3) is 0 Å². The fourth-order valence-corrected chi connectivity index (χ4v) is 0.618. The zero-order valence-electron chi connectivity index (χ0n) is 9.45. The summed E-state index contributed by atoms with van der Waals surface area (Å²) >= 11 is 0. The van der Waals surface area contributed by atoms with E-state index in [1.807, 2.05) is 0 Å². The number of aliphatic hydroxyl groups is 5. The van der Waals surface area contributed by atoms with E-state index >= 15 is 0 Å². The molecule has 4 atom stereocenters. The molecule has 0 aliphatic heterocycles. The van der Waals surface area contributed by atoms with Gasteiger partial charge in [-0.25, -0.2) is 0 Å². The standard InChI is InChI=1S/C6H12O6.Ca.H2O.2H/c7-1-3(9)5(11)6(12)4(10)2-8;;;;/h1,3-6,8-12H,2H2;;1H2;;/q;+2;;2*-1. The third-order valence-electron chi connectivity index (χ3n) is 1.42. The SMILES string of the molecule is O.O=CC(O)C(O)C(O)C(O)CO.[Ca+2].[H-].[H-]. The van der Waals surface area contributed by atoms with Gasteiger partial charge in [0, 0.05) is 0 Å². The molecule has 0 fully saturated rings. The van der Waals surface area contributed by atoms with Crippen molar-refractivity contribution < 1.29 is 38.7 Å². The zero-order chi connectivity index (χ0) is 9.72. The normalized spacial score (nSPS) is 18.1. The van der Waals surface area contributed by atoms with Crippen molar-refractivity contribution in [2.75, 3.05) is 6.61 Å². The van der Waals surface area contributed by atoms with Crippen molar-refractivity contribution in [1.29, 1.82) is 0 Å². The van der Waals surface area contributed by atoms with Gasteiger partial charge in [-0.3, -0.25) is 0 Å². The van der Waals surface area contributed by atoms with Crippen LogP contribution in [0, 0.1) is 0 Å². The molecule has 0 rings (SSSR count). The molecule has 0 radical (unpaired) electrons. The average Bonchev–Trinajstić information content (AvgIpc) is 2.12. The summed E-state index contributed by atoms with van der Waals surface area (Å²) in [4.78, 5) is 9.90. The maximum Gasteiger partial charge on any atom is 2.00 e. The number of hydrogen-bond acceptors (Lipinski definition) is 6. The second-order valence-corrected chi connectivity index (χ2v) is 2.36. The topological polar surface area (TPSA) is 150 Å². The van der Waals surface area contributed by atoms with E-state index in [-0.39, 0.29) is 52.4 Å². The fraction of sp³-hybridized carbons (Fsp3) is 0.833. The van der Waals surface area contributed by atoms with Gasteiger partial charge in [0.05, 0.1) is 6.61 Å². The van der Waals surface area contributed by atoms with Crippen molar-refractivity contribution in [3.63, 3.8) is 0 Å². The van der Waals surface area contributed by atoms with Gasteiger partial charge in [-0.1, -0.05) is 0 Å². The molecule has 0 saturated heterocycles. The maximum atomic E-state index is 9.90. The first kappa shape index (κ1) is 20.1. The number of aldehydes is 1. The molecule has 0 amide bonds. The summed E-state index contributed by atoms with van der Waals surface area (Å²) in [6, 6.07) is 0. The van der Waals surface area contributed by atoms with Crippen LogP contribution >= 0.6 is 0 Å². The Labute approximate surface area is 113 Å². The molecule has 0 aromatic carbocycles. The molecule has 0 aliphatic carbocycles. The van der Waals surface area contributed by atoms with Crippen LogP contribution in [0.25, 0.3) is 0 Å². The summed E-state index contributed by atoms with van der Waals surface area (Å²) in [7, 11) is 0. The smallest absolute Gasteiger partial charge is 1.00 e. The second kappa shape index (κ2) is 10.2. The summed E-state index contributed by atoms with van der Waals surface area (Å²) in [6.07, 6.45) is -6.84. The first-order valence-corrected chi connectivity index (χ1v) is 3.33. The van der Waals surface area contributed by atoms with Crippen molar-refractivity contribution in [2.45, 2.75) is 24.4 Å². The van der Waals surface area contributed by atoms with Gasteiger partial charge < -0.3 is 38.7 Å². The minimum absolute atomic E-state index is 0. The minimum Gasteiger partial charge on any atom is -1.00 e. The molecule has 84 valence electrons. The molecule has 8 heteroatoms. The van der Waals surface area contributed by atoms with Crippen LogP contribution in [0.3, 0.4) is 0 Å². The number of carbonyl (C=O) groups excluding carboxylic acids is 1. The van der Waals surface area contributed by atoms with Crippen LogP contribution in [-0.2, 0) is 4.79 Å². The van der Waals surface area contributed by atoms with Gasteiger partial charge in [0.15, 0.2) is 6.29 Å². The quantitative estimate of drug-likeness (QED) is 0.242. The van der Waals surface area contributed by atoms with Gasteiger partial charge in [0.2, 0.25) is 0 Å². The predicted octanol–water partition coefficient (Wildman–Crippen LogP) is -4.36. The van der Waals surface area contributed by atoms with Crippen molar-refractivity contribution in [3.8, 4) is 0 Å². The van der Waals surface area contributed by atoms with E-state index in [0.717, 1.165) is 0 Å². The molecule has 0 aromatic heterocycles. The Bertz CT molecular complexity index is 153. The molecule has 0 aromatic rings. The van der Waals surface area contributed by atoms with Crippen molar-refractivity contribution in [3.05, 3.63) is 0 Å². The van der Waals surface area contributed by atoms with E-state index in [1.165, 1.54) is 0 Å². The Morgan fingerprint density at radius 2 is 1.57 bits per heavy atom. The molecule has 7 nitrogen and oxygen atoms in total. The number of hydrogen-bond donors (Lipinski definition) is 5. The summed E-state index contributed by atoms with van der Waals surface area (Å²) in [5, 5.41) is 43.5. The summed E-state index contributed by atoms with van der Waals surface area (Å²) < 4.78 is 0. The molecule has 4 unspecified atom stereocenters. The van der Waals surface area contributed by atoms with E-state index in [9.17, 15) is 4.79 Å². The van der Waals surface area contributed by atoms with Gasteiger partial charge in [-0.2, -0.15) is 0 Å². The number of rotatable bonds is 5. The monoisotopic (exact) mass is 240 g/mol. The van der Waals surface area contributed by atoms with Crippen molar-refractivity contribution >= 4 is 44.0 Å². The molecule has 0 aliphatic rings. The average molecular weight is 240 g/mol. The van der Waals surface area contributed by atoms with E-state index in [2.05, 4.69) is 0 Å². The van der Waals surface area contributed by atoms with E-state index in [1.54, 1.807) is 0 Å². The minimum atomic E-state index is -1.79. The van der Waals surface area contributed by atoms with Gasteiger partial charge >= 0.3 is 37.7 Å². The number of carbonyl (C=O) groups is 1. The van der Waals surface area contributed by atoms with Gasteiger partial charge in [0.1, 0.15) is 24.4 Å². The van der Waals surface area contributed by atoms with Crippen LogP contribution in [0.5, 0.6) is 0 Å². The number of aliphatic hydroxyl groups excluding tert-OH is 5. The molecule has 0 spiro atoms. The Kier molecular flexibility index (Phi) is 14.7. The Morgan fingerprint density at radius 3 is 1.86 bits per heavy atom. The van der Waals surface area contributed by atoms with Crippen LogP contribution in [0.4, 0.5) is 0 Å². The largest absolute Gasteiger partial charge is 2.00 e. The molecule has 7 N–H and O–H groups in total. The predicted molar refractivity (Wildman–Crippen MR) is 48.8 cm³/mol. The molecule has 0 saturated carbocycles. The van der Waals surface area contributed by atoms with E-state index in [0.29, 0.717) is 0 Å². The third-order valence-corrected chi connectivity index (χ3v) is 1.42. The van der Waals surface area contributed by atoms with Crippen molar-refractivity contribution in [2.24, 2.45) is 0 Å². The van der Waals surface area contributed by atoms with Crippen molar-refractivity contribution in [1.82, 2.24) is 0 Å². The zero-order valence-corrected chi connectivity index (χ0v) is 9.65. The second-order valence-electron chi connectivity index (χ2n) is 2.36. The van der Waals surface area contributed by atoms with E-state index < -0.39 is 31.0 Å². The van der Waals surface area contributed by atoms with Crippen LogP contribution in [-0.4, -0.2) is 106 Å². The summed E-state index contributed by atoms with van der Waals surface area (Å²) in [6.45, 7) is -0.760. The third kappa shape index (κ3) is 6.23. The molecule has 0 bridgehead atoms. The van der Waals surface area contributed by atoms with Gasteiger partial charge in [-0.15, -0.1) is 0 Å². The summed E-state index contributed by atoms with van der Waals surface area (Å²) in [5.74, 6) is 0. The Balaban J connectivity index is -0.000000101. The Morgan fingerprint density at radius 1 is 1.14 bits per heavy atom. The van der Waals surface area contributed by atoms with Crippen LogP contribution in [0.1, 0.15) is 2.85 Å². The molecule has 0 heterocycles. The summed E-state index contributed by atoms with van der Waals surface area (Å²) in [5.41, 5.74) is 0. The Hall–Kier alpha value is 0.690. The van der Waals surface area contributed by atoms with Crippen LogP contribution < -0.4 is 0 Å². The molecule has 14 heavy (non-hydrogen) atoms. The first-order valence-electron chi connectivity index (χ1n) is 3.33. The molecular formula is C6H16CaO7. The first-order chi connectivity index (χ1) is 5.54. The van der Waals surface area contributed by atoms with Crippen LogP contribution in [0.2, 0.25) is 0 Å². The van der Waals surface area contributed by atoms with Crippen LogP contribution in [0.15, 0.2) is 0 Å². The van der Waals surface area contributed by atoms with E-state index in [4.69, 9.17) is 25.5 Å². The maximum absolute atomic E-state index is 9.90.